The van der Waals surface area contributed by atoms with Crippen molar-refractivity contribution in [3.8, 4) is 6.07 Å². The van der Waals surface area contributed by atoms with Crippen LogP contribution in [0, 0.1) is 17.1 Å². The smallest absolute Gasteiger partial charge is 0.237 e. The molecular formula is C23H27FN8O. The number of fused-ring (bicyclic) bond motifs is 4. The fraction of sp³-hybridized carbons (Fsp3) is 0.478. The molecule has 5 rings (SSSR count). The summed E-state index contributed by atoms with van der Waals surface area (Å²) >= 11 is 0. The van der Waals surface area contributed by atoms with E-state index in [4.69, 9.17) is 5.10 Å². The molecule has 3 aromatic heterocycles. The molecule has 9 nitrogen and oxygen atoms in total. The minimum Gasteiger partial charge on any atom is -0.362 e. The third kappa shape index (κ3) is 3.43. The number of hydrogen-bond donors (Lipinski definition) is 0. The molecular weight excluding hydrogens is 423 g/mol. The molecule has 1 amide bonds. The highest BCUT2D eigenvalue weighted by molar-refractivity contribution is 5.79. The van der Waals surface area contributed by atoms with E-state index in [2.05, 4.69) is 34.6 Å². The second-order valence-electron chi connectivity index (χ2n) is 9.33. The third-order valence-corrected chi connectivity index (χ3v) is 6.62. The number of halogens is 1. The fourth-order valence-electron chi connectivity index (χ4n) is 5.08. The van der Waals surface area contributed by atoms with E-state index in [0.717, 1.165) is 24.0 Å². The zero-order valence-corrected chi connectivity index (χ0v) is 19.3. The highest BCUT2D eigenvalue weighted by Crippen LogP contribution is 2.35. The van der Waals surface area contributed by atoms with Crippen molar-refractivity contribution in [2.45, 2.75) is 45.4 Å². The number of pyridine rings is 1. The Kier molecular flexibility index (Phi) is 5.09. The first-order valence-corrected chi connectivity index (χ1v) is 11.1. The molecule has 2 aliphatic rings. The molecule has 2 aliphatic heterocycles. The van der Waals surface area contributed by atoms with Crippen LogP contribution in [0.15, 0.2) is 18.3 Å². The first-order valence-electron chi connectivity index (χ1n) is 11.1. The molecule has 0 bridgehead atoms. The molecule has 10 heteroatoms. The minimum absolute atomic E-state index is 0.0715. The molecule has 172 valence electrons. The Morgan fingerprint density at radius 2 is 2.06 bits per heavy atom. The molecule has 0 radical (unpaired) electrons. The van der Waals surface area contributed by atoms with Gasteiger partial charge in [-0.15, -0.1) is 0 Å². The van der Waals surface area contributed by atoms with Gasteiger partial charge >= 0.3 is 0 Å². The maximum absolute atomic E-state index is 14.7. The van der Waals surface area contributed by atoms with Gasteiger partial charge in [-0.3, -0.25) is 9.48 Å². The third-order valence-electron chi connectivity index (χ3n) is 6.62. The standard InChI is InChI=1S/C23H27FN8O/c1-14-7-17-19(11-30(14)22(33)13-28(3)4)27-31-15(2)10-29(12-21(17)31)20-6-5-16(8-25)32-23(20)18(24)9-26-32/h5-6,9,14-15H,7,10-13H2,1-4H3/t14-,15+/m0/s1. The number of nitrogens with zero attached hydrogens (tertiary/aromatic N) is 8. The number of amides is 1. The Hall–Kier alpha value is -3.45. The highest BCUT2D eigenvalue weighted by atomic mass is 19.1. The van der Waals surface area contributed by atoms with Gasteiger partial charge in [0.15, 0.2) is 5.82 Å². The van der Waals surface area contributed by atoms with E-state index in [9.17, 15) is 14.4 Å². The van der Waals surface area contributed by atoms with E-state index in [1.54, 1.807) is 12.1 Å². The van der Waals surface area contributed by atoms with Gasteiger partial charge in [0.2, 0.25) is 5.91 Å². The molecule has 33 heavy (non-hydrogen) atoms. The Morgan fingerprint density at radius 1 is 1.27 bits per heavy atom. The van der Waals surface area contributed by atoms with Gasteiger partial charge in [0.1, 0.15) is 17.3 Å². The van der Waals surface area contributed by atoms with Crippen LogP contribution in [0.3, 0.4) is 0 Å². The van der Waals surface area contributed by atoms with Crippen molar-refractivity contribution in [3.63, 3.8) is 0 Å². The van der Waals surface area contributed by atoms with Crippen LogP contribution in [-0.2, 0) is 24.3 Å². The lowest BCUT2D eigenvalue weighted by Gasteiger charge is -2.36. The highest BCUT2D eigenvalue weighted by Gasteiger charge is 2.35. The molecule has 5 heterocycles. The zero-order chi connectivity index (χ0) is 23.4. The average molecular weight is 451 g/mol. The van der Waals surface area contributed by atoms with Crippen LogP contribution in [0.2, 0.25) is 0 Å². The molecule has 3 aromatic rings. The number of hydrogen-bond acceptors (Lipinski definition) is 6. The number of nitriles is 1. The van der Waals surface area contributed by atoms with Gasteiger partial charge in [-0.2, -0.15) is 15.5 Å². The number of aromatic nitrogens is 4. The molecule has 0 spiro atoms. The Bertz CT molecular complexity index is 1290. The molecule has 0 N–H and O–H groups in total. The first-order chi connectivity index (χ1) is 15.8. The molecule has 0 fully saturated rings. The van der Waals surface area contributed by atoms with Gasteiger partial charge in [-0.25, -0.2) is 8.91 Å². The molecule has 0 saturated heterocycles. The Morgan fingerprint density at radius 3 is 2.79 bits per heavy atom. The maximum atomic E-state index is 14.7. The van der Waals surface area contributed by atoms with Crippen molar-refractivity contribution in [3.05, 3.63) is 46.8 Å². The van der Waals surface area contributed by atoms with Gasteiger partial charge in [-0.1, -0.05) is 0 Å². The van der Waals surface area contributed by atoms with Gasteiger partial charge in [0, 0.05) is 18.2 Å². The topological polar surface area (TPSA) is 85.7 Å². The molecule has 0 aliphatic carbocycles. The Labute approximate surface area is 191 Å². The van der Waals surface area contributed by atoms with Crippen molar-refractivity contribution in [2.75, 3.05) is 32.1 Å². The van der Waals surface area contributed by atoms with Crippen LogP contribution in [-0.4, -0.2) is 68.3 Å². The zero-order valence-electron chi connectivity index (χ0n) is 19.3. The summed E-state index contributed by atoms with van der Waals surface area (Å²) in [6.07, 6.45) is 1.90. The lowest BCUT2D eigenvalue weighted by atomic mass is 9.97. The molecule has 0 saturated carbocycles. The summed E-state index contributed by atoms with van der Waals surface area (Å²) in [5, 5.41) is 18.3. The van der Waals surface area contributed by atoms with Crippen molar-refractivity contribution in [2.24, 2.45) is 0 Å². The summed E-state index contributed by atoms with van der Waals surface area (Å²) in [5.74, 6) is -0.338. The monoisotopic (exact) mass is 450 g/mol. The number of anilines is 1. The maximum Gasteiger partial charge on any atom is 0.237 e. The summed E-state index contributed by atoms with van der Waals surface area (Å²) in [6, 6.07) is 5.70. The van der Waals surface area contributed by atoms with Crippen LogP contribution in [0.5, 0.6) is 0 Å². The minimum atomic E-state index is -0.445. The van der Waals surface area contributed by atoms with Crippen LogP contribution >= 0.6 is 0 Å². The normalized spacial score (nSPS) is 20.2. The van der Waals surface area contributed by atoms with Crippen molar-refractivity contribution >= 4 is 17.1 Å². The van der Waals surface area contributed by atoms with Crippen LogP contribution in [0.4, 0.5) is 10.1 Å². The molecule has 2 atom stereocenters. The van der Waals surface area contributed by atoms with E-state index in [0.29, 0.717) is 43.1 Å². The predicted molar refractivity (Wildman–Crippen MR) is 120 cm³/mol. The first kappa shape index (κ1) is 21.4. The number of likely N-dealkylation sites (N-methyl/N-ethyl adjacent to an activating group) is 1. The van der Waals surface area contributed by atoms with Crippen molar-refractivity contribution in [1.29, 1.82) is 5.26 Å². The van der Waals surface area contributed by atoms with E-state index < -0.39 is 5.82 Å². The van der Waals surface area contributed by atoms with E-state index in [-0.39, 0.29) is 18.0 Å². The quantitative estimate of drug-likeness (QED) is 0.607. The number of rotatable bonds is 3. The summed E-state index contributed by atoms with van der Waals surface area (Å²) in [5.41, 5.74) is 4.57. The molecule has 0 aromatic carbocycles. The molecule has 0 unspecified atom stereocenters. The average Bonchev–Trinajstić information content (AvgIpc) is 3.33. The fourth-order valence-corrected chi connectivity index (χ4v) is 5.08. The van der Waals surface area contributed by atoms with E-state index in [1.165, 1.54) is 10.1 Å². The van der Waals surface area contributed by atoms with E-state index in [1.807, 2.05) is 23.9 Å². The summed E-state index contributed by atoms with van der Waals surface area (Å²) in [7, 11) is 3.79. The lowest BCUT2D eigenvalue weighted by Crippen LogP contribution is -2.46. The summed E-state index contributed by atoms with van der Waals surface area (Å²) < 4.78 is 18.1. The van der Waals surface area contributed by atoms with Gasteiger partial charge in [0.05, 0.1) is 48.9 Å². The second-order valence-corrected chi connectivity index (χ2v) is 9.33. The van der Waals surface area contributed by atoms with Gasteiger partial charge in [0.25, 0.3) is 0 Å². The van der Waals surface area contributed by atoms with Crippen molar-refractivity contribution in [1.82, 2.24) is 29.2 Å². The predicted octanol–water partition coefficient (Wildman–Crippen LogP) is 1.96. The SMILES string of the molecule is C[C@@H]1CN(c2ccc(C#N)n3ncc(F)c23)Cc2c3c(nn21)CN(C(=O)CN(C)C)[C@@H](C)C3. The largest absolute Gasteiger partial charge is 0.362 e. The number of carbonyl (C=O) groups is 1. The lowest BCUT2D eigenvalue weighted by molar-refractivity contribution is -0.135. The summed E-state index contributed by atoms with van der Waals surface area (Å²) in [4.78, 5) is 18.7. The number of carbonyl (C=O) groups excluding carboxylic acids is 1. The summed E-state index contributed by atoms with van der Waals surface area (Å²) in [6.45, 7) is 6.30. The Balaban J connectivity index is 1.50. The van der Waals surface area contributed by atoms with Gasteiger partial charge < -0.3 is 14.7 Å². The van der Waals surface area contributed by atoms with Crippen LogP contribution in [0.1, 0.15) is 42.5 Å². The van der Waals surface area contributed by atoms with Crippen LogP contribution < -0.4 is 4.90 Å². The second kappa shape index (κ2) is 7.85. The van der Waals surface area contributed by atoms with Crippen molar-refractivity contribution < 1.29 is 9.18 Å². The van der Waals surface area contributed by atoms with E-state index >= 15 is 0 Å². The van der Waals surface area contributed by atoms with Gasteiger partial charge in [-0.05, 0) is 46.5 Å². The van der Waals surface area contributed by atoms with Crippen LogP contribution in [0.25, 0.3) is 5.52 Å².